The fourth-order valence-electron chi connectivity index (χ4n) is 0.480. The number of rotatable bonds is 1. The summed E-state index contributed by atoms with van der Waals surface area (Å²) >= 11 is 5.35. The van der Waals surface area contributed by atoms with Crippen LogP contribution in [-0.4, -0.2) is 4.98 Å². The highest BCUT2D eigenvalue weighted by atomic mass is 35.5. The zero-order valence-electron chi connectivity index (χ0n) is 4.66. The minimum Gasteiger partial charge on any atom is -0.237 e. The molecular weight excluding hydrogens is 138 g/mol. The number of nitrogens with zero attached hydrogens (tertiary/aromatic N) is 2. The maximum Gasteiger partial charge on any atom is 0.158 e. The lowest BCUT2D eigenvalue weighted by molar-refractivity contribution is 1.12. The molecule has 0 saturated carbocycles. The third-order valence-corrected chi connectivity index (χ3v) is 1.04. The molecule has 0 bridgehead atoms. The number of hydrogen-bond acceptors (Lipinski definition) is 3. The van der Waals surface area contributed by atoms with Crippen LogP contribution < -0.4 is 10.4 Å². The quantitative estimate of drug-likeness (QED) is 0.361. The van der Waals surface area contributed by atoms with Gasteiger partial charge in [0.2, 0.25) is 0 Å². The van der Waals surface area contributed by atoms with E-state index in [1.54, 1.807) is 18.3 Å². The van der Waals surface area contributed by atoms with Crippen molar-refractivity contribution in [3.05, 3.63) is 24.4 Å². The molecule has 0 unspecified atom stereocenters. The lowest BCUT2D eigenvalue weighted by Crippen LogP contribution is -2.19. The third-order valence-electron chi connectivity index (χ3n) is 0.868. The van der Waals surface area contributed by atoms with E-state index in [9.17, 15) is 0 Å². The van der Waals surface area contributed by atoms with Crippen molar-refractivity contribution in [3.63, 3.8) is 0 Å². The van der Waals surface area contributed by atoms with Crippen molar-refractivity contribution >= 4 is 17.6 Å². The molecule has 0 amide bonds. The smallest absolute Gasteiger partial charge is 0.158 e. The number of hydrazine groups is 1. The molecule has 48 valence electrons. The molecule has 1 heterocycles. The molecule has 0 fully saturated rings. The molecule has 1 rings (SSSR count). The average Bonchev–Trinajstić information content (AvgIpc) is 1.90. The van der Waals surface area contributed by atoms with Crippen molar-refractivity contribution in [2.45, 2.75) is 0 Å². The topological polar surface area (TPSA) is 42.1 Å². The van der Waals surface area contributed by atoms with Crippen LogP contribution in [0.4, 0.5) is 5.82 Å². The van der Waals surface area contributed by atoms with Crippen molar-refractivity contribution in [2.75, 3.05) is 4.53 Å². The zero-order chi connectivity index (χ0) is 6.69. The van der Waals surface area contributed by atoms with Gasteiger partial charge in [-0.1, -0.05) is 6.07 Å². The van der Waals surface area contributed by atoms with E-state index in [0.717, 1.165) is 4.53 Å². The van der Waals surface area contributed by atoms with Crippen molar-refractivity contribution < 1.29 is 0 Å². The van der Waals surface area contributed by atoms with Gasteiger partial charge in [-0.05, 0) is 12.1 Å². The zero-order valence-corrected chi connectivity index (χ0v) is 5.42. The number of anilines is 1. The molecule has 0 saturated heterocycles. The van der Waals surface area contributed by atoms with E-state index in [0.29, 0.717) is 5.82 Å². The predicted molar refractivity (Wildman–Crippen MR) is 36.8 cm³/mol. The van der Waals surface area contributed by atoms with Gasteiger partial charge in [-0.25, -0.2) is 15.4 Å². The van der Waals surface area contributed by atoms with Crippen LogP contribution in [0.25, 0.3) is 0 Å². The summed E-state index contributed by atoms with van der Waals surface area (Å²) in [6.07, 6.45) is 1.62. The fraction of sp³-hybridized carbons (Fsp3) is 0. The first kappa shape index (κ1) is 6.32. The first-order valence-corrected chi connectivity index (χ1v) is 2.76. The summed E-state index contributed by atoms with van der Waals surface area (Å²) in [6, 6.07) is 5.32. The Bertz CT molecular complexity index is 175. The molecule has 0 radical (unpaired) electrons. The standard InChI is InChI=1S/C5H6ClN3/c6-9(7)5-3-1-2-4-8-5/h1-4H,7H2. The summed E-state index contributed by atoms with van der Waals surface area (Å²) in [5.41, 5.74) is 0. The van der Waals surface area contributed by atoms with Crippen LogP contribution in [0.1, 0.15) is 0 Å². The van der Waals surface area contributed by atoms with Crippen molar-refractivity contribution in [2.24, 2.45) is 5.84 Å². The van der Waals surface area contributed by atoms with Gasteiger partial charge in [-0.3, -0.25) is 0 Å². The first-order valence-electron chi connectivity index (χ1n) is 2.42. The van der Waals surface area contributed by atoms with Crippen LogP contribution in [0.2, 0.25) is 0 Å². The van der Waals surface area contributed by atoms with Crippen LogP contribution in [-0.2, 0) is 0 Å². The van der Waals surface area contributed by atoms with Crippen LogP contribution in [0, 0.1) is 0 Å². The normalized spacial score (nSPS) is 9.11. The predicted octanol–water partition coefficient (Wildman–Crippen LogP) is 0.915. The van der Waals surface area contributed by atoms with Gasteiger partial charge in [0.15, 0.2) is 5.82 Å². The van der Waals surface area contributed by atoms with E-state index in [1.165, 1.54) is 0 Å². The molecule has 9 heavy (non-hydrogen) atoms. The number of nitrogens with two attached hydrogens (primary N) is 1. The largest absolute Gasteiger partial charge is 0.237 e. The lowest BCUT2D eigenvalue weighted by Gasteiger charge is -2.04. The number of hydrogen-bond donors (Lipinski definition) is 1. The maximum atomic E-state index is 5.35. The highest BCUT2D eigenvalue weighted by molar-refractivity contribution is 6.24. The second kappa shape index (κ2) is 2.66. The van der Waals surface area contributed by atoms with Crippen molar-refractivity contribution in [1.29, 1.82) is 0 Å². The summed E-state index contributed by atoms with van der Waals surface area (Å²) in [5, 5.41) is 0. The van der Waals surface area contributed by atoms with Crippen LogP contribution in [0.15, 0.2) is 24.4 Å². The second-order valence-corrected chi connectivity index (χ2v) is 1.86. The highest BCUT2D eigenvalue weighted by Gasteiger charge is 1.93. The summed E-state index contributed by atoms with van der Waals surface area (Å²) in [5.74, 6) is 5.69. The van der Waals surface area contributed by atoms with E-state index in [4.69, 9.17) is 17.6 Å². The molecule has 2 N–H and O–H groups in total. The average molecular weight is 144 g/mol. The first-order chi connectivity index (χ1) is 4.30. The number of pyridine rings is 1. The van der Waals surface area contributed by atoms with Crippen molar-refractivity contribution in [1.82, 2.24) is 4.98 Å². The van der Waals surface area contributed by atoms with Gasteiger partial charge in [0.1, 0.15) is 0 Å². The Morgan fingerprint density at radius 1 is 1.56 bits per heavy atom. The van der Waals surface area contributed by atoms with Gasteiger partial charge in [0.25, 0.3) is 0 Å². The molecule has 0 aliphatic carbocycles. The molecular formula is C5H6ClN3. The van der Waals surface area contributed by atoms with Gasteiger partial charge in [0.05, 0.1) is 0 Å². The summed E-state index contributed by atoms with van der Waals surface area (Å²) < 4.78 is 0.944. The molecule has 1 aromatic heterocycles. The van der Waals surface area contributed by atoms with Gasteiger partial charge in [-0.15, -0.1) is 0 Å². The van der Waals surface area contributed by atoms with Crippen molar-refractivity contribution in [3.8, 4) is 0 Å². The summed E-state index contributed by atoms with van der Waals surface area (Å²) in [6.45, 7) is 0. The van der Waals surface area contributed by atoms with E-state index in [2.05, 4.69) is 4.98 Å². The molecule has 1 aromatic rings. The Balaban J connectivity index is 2.85. The summed E-state index contributed by atoms with van der Waals surface area (Å²) in [4.78, 5) is 3.85. The van der Waals surface area contributed by atoms with Gasteiger partial charge in [0, 0.05) is 18.0 Å². The summed E-state index contributed by atoms with van der Waals surface area (Å²) in [7, 11) is 0. The van der Waals surface area contributed by atoms with Crippen LogP contribution in [0.3, 0.4) is 0 Å². The SMILES string of the molecule is NN(Cl)c1ccccn1. The van der Waals surface area contributed by atoms with Gasteiger partial charge < -0.3 is 0 Å². The molecule has 4 heteroatoms. The monoisotopic (exact) mass is 143 g/mol. The molecule has 0 aromatic carbocycles. The molecule has 0 atom stereocenters. The Kier molecular flexibility index (Phi) is 1.87. The van der Waals surface area contributed by atoms with Gasteiger partial charge >= 0.3 is 0 Å². The Hall–Kier alpha value is -0.800. The van der Waals surface area contributed by atoms with E-state index in [-0.39, 0.29) is 0 Å². The lowest BCUT2D eigenvalue weighted by atomic mass is 10.5. The highest BCUT2D eigenvalue weighted by Crippen LogP contribution is 2.05. The molecule has 0 aliphatic rings. The van der Waals surface area contributed by atoms with E-state index >= 15 is 0 Å². The third kappa shape index (κ3) is 1.55. The van der Waals surface area contributed by atoms with Gasteiger partial charge in [-0.2, -0.15) is 0 Å². The van der Waals surface area contributed by atoms with Crippen LogP contribution in [0.5, 0.6) is 0 Å². The minimum atomic E-state index is 0.541. The van der Waals surface area contributed by atoms with E-state index in [1.807, 2.05) is 6.07 Å². The Morgan fingerprint density at radius 2 is 2.33 bits per heavy atom. The van der Waals surface area contributed by atoms with Crippen LogP contribution >= 0.6 is 11.8 Å². The second-order valence-electron chi connectivity index (χ2n) is 1.50. The fourth-order valence-corrected chi connectivity index (χ4v) is 0.580. The molecule has 3 nitrogen and oxygen atoms in total. The number of aromatic nitrogens is 1. The maximum absolute atomic E-state index is 5.35. The Morgan fingerprint density at radius 3 is 2.67 bits per heavy atom. The number of halogens is 1. The molecule has 0 aliphatic heterocycles. The Labute approximate surface area is 58.1 Å². The minimum absolute atomic E-state index is 0.541. The van der Waals surface area contributed by atoms with E-state index < -0.39 is 0 Å². The molecule has 0 spiro atoms.